The molecule has 1 aromatic heterocycles. The Morgan fingerprint density at radius 2 is 1.57 bits per heavy atom. The van der Waals surface area contributed by atoms with Gasteiger partial charge in [-0.25, -0.2) is 4.39 Å². The van der Waals surface area contributed by atoms with Crippen molar-refractivity contribution in [3.8, 4) is 11.5 Å². The molecule has 3 rings (SSSR count). The summed E-state index contributed by atoms with van der Waals surface area (Å²) in [6, 6.07) is 13.9. The van der Waals surface area contributed by atoms with Crippen molar-refractivity contribution < 1.29 is 13.9 Å². The molecule has 0 fully saturated rings. The standard InChI is InChI=1S/C22H22ClFN2O2.2ClH/c1-2-27-21-12-18(14-26-13-16-7-9-25-10-8-16)11-20(23)22(21)28-15-17-3-5-19(24)6-4-17;;/h3-12,26H,2,13-15H2,1H3;2*1H. The number of ether oxygens (including phenoxy) is 2. The van der Waals surface area contributed by atoms with Crippen molar-refractivity contribution in [3.63, 3.8) is 0 Å². The lowest BCUT2D eigenvalue weighted by atomic mass is 10.2. The molecule has 0 aliphatic carbocycles. The van der Waals surface area contributed by atoms with Crippen LogP contribution in [0.4, 0.5) is 4.39 Å². The van der Waals surface area contributed by atoms with Crippen LogP contribution in [0, 0.1) is 5.82 Å². The molecule has 162 valence electrons. The first kappa shape index (κ1) is 26.0. The first-order valence-electron chi connectivity index (χ1n) is 9.07. The third-order valence-corrected chi connectivity index (χ3v) is 4.35. The zero-order chi connectivity index (χ0) is 19.8. The third-order valence-electron chi connectivity index (χ3n) is 4.07. The maximum atomic E-state index is 13.0. The summed E-state index contributed by atoms with van der Waals surface area (Å²) in [6.07, 6.45) is 3.54. The summed E-state index contributed by atoms with van der Waals surface area (Å²) >= 11 is 6.46. The van der Waals surface area contributed by atoms with E-state index in [0.29, 0.717) is 29.7 Å². The van der Waals surface area contributed by atoms with Crippen LogP contribution in [-0.4, -0.2) is 11.6 Å². The Bertz CT molecular complexity index is 897. The van der Waals surface area contributed by atoms with Crippen LogP contribution in [0.25, 0.3) is 0 Å². The molecule has 0 amide bonds. The van der Waals surface area contributed by atoms with Crippen molar-refractivity contribution in [2.24, 2.45) is 0 Å². The van der Waals surface area contributed by atoms with Crippen LogP contribution in [0.2, 0.25) is 5.02 Å². The molecule has 1 heterocycles. The first-order chi connectivity index (χ1) is 13.7. The fourth-order valence-electron chi connectivity index (χ4n) is 2.71. The smallest absolute Gasteiger partial charge is 0.180 e. The summed E-state index contributed by atoms with van der Waals surface area (Å²) in [4.78, 5) is 4.01. The summed E-state index contributed by atoms with van der Waals surface area (Å²) in [5.74, 6) is 0.809. The van der Waals surface area contributed by atoms with Crippen LogP contribution in [0.5, 0.6) is 11.5 Å². The van der Waals surface area contributed by atoms with E-state index in [0.717, 1.165) is 23.2 Å². The molecule has 0 bridgehead atoms. The Kier molecular flexibility index (Phi) is 11.5. The number of nitrogens with one attached hydrogen (secondary N) is 1. The van der Waals surface area contributed by atoms with E-state index in [-0.39, 0.29) is 37.2 Å². The van der Waals surface area contributed by atoms with Crippen molar-refractivity contribution >= 4 is 36.4 Å². The lowest BCUT2D eigenvalue weighted by Crippen LogP contribution is -2.13. The summed E-state index contributed by atoms with van der Waals surface area (Å²) in [7, 11) is 0. The normalized spacial score (nSPS) is 9.97. The van der Waals surface area contributed by atoms with Gasteiger partial charge in [-0.3, -0.25) is 4.98 Å². The van der Waals surface area contributed by atoms with Gasteiger partial charge in [0, 0.05) is 25.5 Å². The molecule has 0 aliphatic rings. The molecule has 0 aliphatic heterocycles. The molecule has 8 heteroatoms. The van der Waals surface area contributed by atoms with Gasteiger partial charge in [-0.15, -0.1) is 24.8 Å². The fraction of sp³-hybridized carbons (Fsp3) is 0.227. The number of aromatic nitrogens is 1. The Balaban J connectivity index is 0.00000225. The highest BCUT2D eigenvalue weighted by Gasteiger charge is 2.13. The minimum absolute atomic E-state index is 0. The minimum Gasteiger partial charge on any atom is -0.490 e. The van der Waals surface area contributed by atoms with E-state index in [9.17, 15) is 4.39 Å². The van der Waals surface area contributed by atoms with Gasteiger partial charge in [-0.2, -0.15) is 0 Å². The van der Waals surface area contributed by atoms with E-state index >= 15 is 0 Å². The second-order valence-corrected chi connectivity index (χ2v) is 6.62. The number of pyridine rings is 1. The van der Waals surface area contributed by atoms with Gasteiger partial charge in [-0.1, -0.05) is 23.7 Å². The second kappa shape index (κ2) is 13.3. The van der Waals surface area contributed by atoms with Gasteiger partial charge in [0.25, 0.3) is 0 Å². The van der Waals surface area contributed by atoms with Gasteiger partial charge in [0.2, 0.25) is 0 Å². The van der Waals surface area contributed by atoms with Crippen molar-refractivity contribution in [1.82, 2.24) is 10.3 Å². The van der Waals surface area contributed by atoms with Gasteiger partial charge in [-0.05, 0) is 60.0 Å². The van der Waals surface area contributed by atoms with Gasteiger partial charge in [0.05, 0.1) is 11.6 Å². The number of nitrogens with zero attached hydrogens (tertiary/aromatic N) is 1. The topological polar surface area (TPSA) is 43.4 Å². The maximum Gasteiger partial charge on any atom is 0.180 e. The third kappa shape index (κ3) is 7.65. The highest BCUT2D eigenvalue weighted by molar-refractivity contribution is 6.32. The number of rotatable bonds is 9. The molecule has 0 spiro atoms. The molecule has 0 saturated heterocycles. The van der Waals surface area contributed by atoms with Crippen LogP contribution < -0.4 is 14.8 Å². The minimum atomic E-state index is -0.277. The Morgan fingerprint density at radius 1 is 0.900 bits per heavy atom. The predicted octanol–water partition coefficient (Wildman–Crippen LogP) is 5.99. The monoisotopic (exact) mass is 472 g/mol. The first-order valence-corrected chi connectivity index (χ1v) is 9.45. The Hall–Kier alpha value is -2.05. The highest BCUT2D eigenvalue weighted by Crippen LogP contribution is 2.37. The summed E-state index contributed by atoms with van der Waals surface area (Å²) in [5, 5.41) is 3.86. The molecule has 3 aromatic rings. The predicted molar refractivity (Wildman–Crippen MR) is 123 cm³/mol. The zero-order valence-corrected chi connectivity index (χ0v) is 18.8. The lowest BCUT2D eigenvalue weighted by Gasteiger charge is -2.16. The molecule has 1 N–H and O–H groups in total. The number of benzene rings is 2. The van der Waals surface area contributed by atoms with Gasteiger partial charge in [0.1, 0.15) is 12.4 Å². The second-order valence-electron chi connectivity index (χ2n) is 6.21. The van der Waals surface area contributed by atoms with Crippen molar-refractivity contribution in [2.45, 2.75) is 26.6 Å². The van der Waals surface area contributed by atoms with Gasteiger partial charge < -0.3 is 14.8 Å². The molecule has 0 atom stereocenters. The lowest BCUT2D eigenvalue weighted by molar-refractivity contribution is 0.269. The van der Waals surface area contributed by atoms with Crippen LogP contribution in [0.3, 0.4) is 0 Å². The molecule has 0 radical (unpaired) electrons. The molecular formula is C22H24Cl3FN2O2. The number of hydrogen-bond donors (Lipinski definition) is 1. The summed E-state index contributed by atoms with van der Waals surface area (Å²) in [6.45, 7) is 4.05. The van der Waals surface area contributed by atoms with Crippen LogP contribution in [-0.2, 0) is 19.7 Å². The summed E-state index contributed by atoms with van der Waals surface area (Å²) in [5.41, 5.74) is 3.00. The zero-order valence-electron chi connectivity index (χ0n) is 16.4. The molecule has 0 unspecified atom stereocenters. The quantitative estimate of drug-likeness (QED) is 0.415. The molecular weight excluding hydrogens is 450 g/mol. The van der Waals surface area contributed by atoms with E-state index < -0.39 is 0 Å². The Morgan fingerprint density at radius 3 is 2.23 bits per heavy atom. The summed E-state index contributed by atoms with van der Waals surface area (Å²) < 4.78 is 24.6. The average Bonchev–Trinajstić information content (AvgIpc) is 2.70. The SMILES string of the molecule is CCOc1cc(CNCc2ccncc2)cc(Cl)c1OCc1ccc(F)cc1.Cl.Cl. The van der Waals surface area contributed by atoms with E-state index in [4.69, 9.17) is 21.1 Å². The highest BCUT2D eigenvalue weighted by atomic mass is 35.5. The van der Waals surface area contributed by atoms with Crippen molar-refractivity contribution in [2.75, 3.05) is 6.61 Å². The molecule has 30 heavy (non-hydrogen) atoms. The molecule has 4 nitrogen and oxygen atoms in total. The molecule has 0 saturated carbocycles. The van der Waals surface area contributed by atoms with Gasteiger partial charge in [0.15, 0.2) is 11.5 Å². The van der Waals surface area contributed by atoms with E-state index in [2.05, 4.69) is 10.3 Å². The van der Waals surface area contributed by atoms with E-state index in [1.54, 1.807) is 24.5 Å². The van der Waals surface area contributed by atoms with Crippen LogP contribution >= 0.6 is 36.4 Å². The van der Waals surface area contributed by atoms with Crippen molar-refractivity contribution in [1.29, 1.82) is 0 Å². The average molecular weight is 474 g/mol. The largest absolute Gasteiger partial charge is 0.490 e. The number of halogens is 4. The molecule has 2 aromatic carbocycles. The van der Waals surface area contributed by atoms with Crippen LogP contribution in [0.1, 0.15) is 23.6 Å². The maximum absolute atomic E-state index is 13.0. The van der Waals surface area contributed by atoms with Crippen LogP contribution in [0.15, 0.2) is 60.9 Å². The fourth-order valence-corrected chi connectivity index (χ4v) is 3.00. The number of hydrogen-bond acceptors (Lipinski definition) is 4. The van der Waals surface area contributed by atoms with E-state index in [1.807, 2.05) is 31.2 Å². The van der Waals surface area contributed by atoms with E-state index in [1.165, 1.54) is 12.1 Å². The van der Waals surface area contributed by atoms with Gasteiger partial charge >= 0.3 is 0 Å². The van der Waals surface area contributed by atoms with Crippen molar-refractivity contribution in [3.05, 3.63) is 88.5 Å². The Labute approximate surface area is 193 Å².